The first-order chi connectivity index (χ1) is 7.77. The summed E-state index contributed by atoms with van der Waals surface area (Å²) in [5.41, 5.74) is 6.69. The summed E-state index contributed by atoms with van der Waals surface area (Å²) in [5.74, 6) is 0.615. The molecule has 2 aromatic rings. The molecule has 7 heteroatoms. The molecule has 0 saturated heterocycles. The summed E-state index contributed by atoms with van der Waals surface area (Å²) >= 11 is 1.40. The number of nitrogens with two attached hydrogens (primary N) is 1. The molecule has 0 fully saturated rings. The van der Waals surface area contributed by atoms with Crippen molar-refractivity contribution in [1.29, 1.82) is 0 Å². The fourth-order valence-corrected chi connectivity index (χ4v) is 2.04. The van der Waals surface area contributed by atoms with Crippen LogP contribution in [-0.2, 0) is 6.54 Å². The van der Waals surface area contributed by atoms with E-state index >= 15 is 0 Å². The minimum Gasteiger partial charge on any atom is -0.383 e. The Balaban J connectivity index is 1.74. The van der Waals surface area contributed by atoms with E-state index in [1.54, 1.807) is 6.20 Å². The van der Waals surface area contributed by atoms with E-state index in [9.17, 15) is 0 Å². The van der Waals surface area contributed by atoms with Crippen LogP contribution in [0.25, 0.3) is 0 Å². The van der Waals surface area contributed by atoms with Crippen LogP contribution in [0, 0.1) is 6.92 Å². The number of nitrogen functional groups attached to an aromatic ring is 1. The highest BCUT2D eigenvalue weighted by Gasteiger charge is 2.05. The molecule has 6 nitrogen and oxygen atoms in total. The van der Waals surface area contributed by atoms with E-state index in [2.05, 4.69) is 20.0 Å². The molecule has 0 spiro atoms. The highest BCUT2D eigenvalue weighted by Crippen LogP contribution is 2.24. The maximum absolute atomic E-state index is 5.66. The van der Waals surface area contributed by atoms with Crippen molar-refractivity contribution in [3.8, 4) is 0 Å². The van der Waals surface area contributed by atoms with E-state index in [4.69, 9.17) is 5.73 Å². The van der Waals surface area contributed by atoms with Crippen molar-refractivity contribution in [2.45, 2.75) is 19.9 Å². The lowest BCUT2D eigenvalue weighted by atomic mass is 10.3. The van der Waals surface area contributed by atoms with E-state index in [-0.39, 0.29) is 0 Å². The molecule has 0 unspecified atom stereocenters. The van der Waals surface area contributed by atoms with Gasteiger partial charge < -0.3 is 11.1 Å². The van der Waals surface area contributed by atoms with Crippen LogP contribution < -0.4 is 11.1 Å². The number of hydrogen-bond acceptors (Lipinski definition) is 6. The van der Waals surface area contributed by atoms with Crippen LogP contribution in [0.3, 0.4) is 0 Å². The molecule has 0 amide bonds. The van der Waals surface area contributed by atoms with Gasteiger partial charge >= 0.3 is 0 Å². The Bertz CT molecular complexity index is 435. The van der Waals surface area contributed by atoms with E-state index in [1.165, 1.54) is 11.5 Å². The first-order valence-corrected chi connectivity index (χ1v) is 5.84. The number of aromatic nitrogens is 4. The smallest absolute Gasteiger partial charge is 0.142 e. The van der Waals surface area contributed by atoms with Gasteiger partial charge in [0.2, 0.25) is 0 Å². The van der Waals surface area contributed by atoms with Gasteiger partial charge in [-0.2, -0.15) is 4.37 Å². The molecule has 16 heavy (non-hydrogen) atoms. The number of anilines is 2. The number of hydrogen-bond donors (Lipinski definition) is 2. The second-order valence-corrected chi connectivity index (χ2v) is 4.24. The first kappa shape index (κ1) is 10.9. The molecule has 0 saturated carbocycles. The Morgan fingerprint density at radius 2 is 2.44 bits per heavy atom. The van der Waals surface area contributed by atoms with Gasteiger partial charge in [-0.05, 0) is 24.9 Å². The second kappa shape index (κ2) is 4.93. The maximum atomic E-state index is 5.66. The van der Waals surface area contributed by atoms with Gasteiger partial charge in [-0.25, -0.2) is 0 Å². The van der Waals surface area contributed by atoms with Crippen molar-refractivity contribution < 1.29 is 0 Å². The van der Waals surface area contributed by atoms with Crippen LogP contribution in [0.15, 0.2) is 12.4 Å². The van der Waals surface area contributed by atoms with Gasteiger partial charge in [0, 0.05) is 24.8 Å². The summed E-state index contributed by atoms with van der Waals surface area (Å²) in [6.07, 6.45) is 4.53. The highest BCUT2D eigenvalue weighted by molar-refractivity contribution is 7.10. The molecule has 2 heterocycles. The minimum atomic E-state index is 0.615. The molecule has 2 rings (SSSR count). The lowest BCUT2D eigenvalue weighted by molar-refractivity contribution is 0.570. The van der Waals surface area contributed by atoms with Crippen LogP contribution in [-0.4, -0.2) is 25.9 Å². The Labute approximate surface area is 97.6 Å². The van der Waals surface area contributed by atoms with Gasteiger partial charge in [0.1, 0.15) is 10.8 Å². The van der Waals surface area contributed by atoms with Gasteiger partial charge in [-0.1, -0.05) is 5.21 Å². The summed E-state index contributed by atoms with van der Waals surface area (Å²) < 4.78 is 5.89. The van der Waals surface area contributed by atoms with Crippen LogP contribution >= 0.6 is 11.5 Å². The molecule has 0 aliphatic carbocycles. The summed E-state index contributed by atoms with van der Waals surface area (Å²) in [7, 11) is 0. The maximum Gasteiger partial charge on any atom is 0.142 e. The molecule has 0 bridgehead atoms. The van der Waals surface area contributed by atoms with E-state index in [1.807, 2.05) is 17.8 Å². The van der Waals surface area contributed by atoms with Gasteiger partial charge in [0.15, 0.2) is 0 Å². The summed E-state index contributed by atoms with van der Waals surface area (Å²) in [6.45, 7) is 3.71. The molecule has 2 aromatic heterocycles. The predicted molar refractivity (Wildman–Crippen MR) is 64.4 cm³/mol. The quantitative estimate of drug-likeness (QED) is 0.763. The molecule has 3 N–H and O–H groups in total. The molecular formula is C9H14N6S. The van der Waals surface area contributed by atoms with Crippen molar-refractivity contribution in [2.24, 2.45) is 0 Å². The van der Waals surface area contributed by atoms with Crippen molar-refractivity contribution >= 4 is 22.4 Å². The third-order valence-corrected chi connectivity index (χ3v) is 3.20. The Kier molecular flexibility index (Phi) is 3.35. The summed E-state index contributed by atoms with van der Waals surface area (Å²) in [6, 6.07) is 0. The zero-order valence-electron chi connectivity index (χ0n) is 9.05. The van der Waals surface area contributed by atoms with Crippen LogP contribution in [0.2, 0.25) is 0 Å². The molecular weight excluding hydrogens is 224 g/mol. The largest absolute Gasteiger partial charge is 0.383 e. The van der Waals surface area contributed by atoms with Crippen molar-refractivity contribution in [1.82, 2.24) is 19.4 Å². The normalized spacial score (nSPS) is 10.6. The van der Waals surface area contributed by atoms with Crippen molar-refractivity contribution in [2.75, 3.05) is 17.6 Å². The van der Waals surface area contributed by atoms with Crippen molar-refractivity contribution in [3.63, 3.8) is 0 Å². The molecule has 0 atom stereocenters. The monoisotopic (exact) mass is 238 g/mol. The van der Waals surface area contributed by atoms with Gasteiger partial charge in [-0.3, -0.25) is 4.68 Å². The average molecular weight is 238 g/mol. The zero-order valence-corrected chi connectivity index (χ0v) is 9.87. The van der Waals surface area contributed by atoms with E-state index < -0.39 is 0 Å². The van der Waals surface area contributed by atoms with Crippen molar-refractivity contribution in [3.05, 3.63) is 18.0 Å². The third-order valence-electron chi connectivity index (χ3n) is 2.28. The molecule has 0 aliphatic heterocycles. The number of rotatable bonds is 5. The van der Waals surface area contributed by atoms with Gasteiger partial charge in [0.25, 0.3) is 0 Å². The van der Waals surface area contributed by atoms with Gasteiger partial charge in [-0.15, -0.1) is 5.10 Å². The Morgan fingerprint density at radius 1 is 1.56 bits per heavy atom. The summed E-state index contributed by atoms with van der Waals surface area (Å²) in [4.78, 5) is 0. The van der Waals surface area contributed by atoms with Gasteiger partial charge in [0.05, 0.1) is 6.20 Å². The topological polar surface area (TPSA) is 81.6 Å². The molecule has 0 aliphatic rings. The fraction of sp³-hybridized carbons (Fsp3) is 0.444. The van der Waals surface area contributed by atoms with Crippen LogP contribution in [0.5, 0.6) is 0 Å². The van der Waals surface area contributed by atoms with E-state index in [0.717, 1.165) is 30.1 Å². The van der Waals surface area contributed by atoms with Crippen LogP contribution in [0.4, 0.5) is 10.8 Å². The standard InChI is InChI=1S/C9H14N6S/c1-7-8(10)13-16-9(7)11-3-2-5-15-6-4-12-14-15/h4,6,11H,2-3,5H2,1H3,(H2,10,13). The summed E-state index contributed by atoms with van der Waals surface area (Å²) in [5, 5.41) is 12.0. The Morgan fingerprint density at radius 3 is 3.06 bits per heavy atom. The van der Waals surface area contributed by atoms with E-state index in [0.29, 0.717) is 5.82 Å². The lowest BCUT2D eigenvalue weighted by Crippen LogP contribution is -2.07. The number of nitrogens with one attached hydrogen (secondary N) is 1. The Hall–Kier alpha value is -1.63. The highest BCUT2D eigenvalue weighted by atomic mass is 32.1. The fourth-order valence-electron chi connectivity index (χ4n) is 1.31. The molecule has 86 valence electrons. The molecule has 0 radical (unpaired) electrons. The third kappa shape index (κ3) is 2.48. The first-order valence-electron chi connectivity index (χ1n) is 5.07. The van der Waals surface area contributed by atoms with Crippen LogP contribution in [0.1, 0.15) is 12.0 Å². The average Bonchev–Trinajstić information content (AvgIpc) is 2.88. The lowest BCUT2D eigenvalue weighted by Gasteiger charge is -2.04. The second-order valence-electron chi connectivity index (χ2n) is 3.47. The number of aryl methyl sites for hydroxylation is 1. The molecule has 0 aromatic carbocycles. The number of nitrogens with zero attached hydrogens (tertiary/aromatic N) is 4. The SMILES string of the molecule is Cc1c(N)nsc1NCCCn1ccnn1. The predicted octanol–water partition coefficient (Wildman–Crippen LogP) is 1.13. The minimum absolute atomic E-state index is 0.615. The zero-order chi connectivity index (χ0) is 11.4.